The van der Waals surface area contributed by atoms with E-state index in [9.17, 15) is 4.79 Å². The van der Waals surface area contributed by atoms with Gasteiger partial charge in [-0.25, -0.2) is 9.78 Å². The van der Waals surface area contributed by atoms with Gasteiger partial charge in [-0.1, -0.05) is 30.3 Å². The molecule has 1 aromatic heterocycles. The number of ether oxygens (including phenoxy) is 1. The molecule has 1 aliphatic rings. The summed E-state index contributed by atoms with van der Waals surface area (Å²) in [5.74, 6) is 0. The third kappa shape index (κ3) is 5.04. The van der Waals surface area contributed by atoms with E-state index in [0.29, 0.717) is 26.2 Å². The highest BCUT2D eigenvalue weighted by atomic mass is 32.1. The SMILES string of the molecule is O=C(NCCc1cscn1)N1CCO[C@@H](CCc2ccccc2)C1. The van der Waals surface area contributed by atoms with Gasteiger partial charge in [-0.05, 0) is 18.4 Å². The van der Waals surface area contributed by atoms with Crippen molar-refractivity contribution in [2.75, 3.05) is 26.2 Å². The molecule has 0 radical (unpaired) electrons. The second-order valence-corrected chi connectivity index (χ2v) is 6.64. The van der Waals surface area contributed by atoms with Gasteiger partial charge in [-0.3, -0.25) is 0 Å². The lowest BCUT2D eigenvalue weighted by Crippen LogP contribution is -2.50. The van der Waals surface area contributed by atoms with Crippen LogP contribution < -0.4 is 5.32 Å². The molecule has 1 N–H and O–H groups in total. The molecular formula is C18H23N3O2S. The number of hydrogen-bond acceptors (Lipinski definition) is 4. The summed E-state index contributed by atoms with van der Waals surface area (Å²) in [7, 11) is 0. The van der Waals surface area contributed by atoms with Gasteiger partial charge in [0.1, 0.15) is 0 Å². The minimum atomic E-state index is -0.00163. The molecule has 1 fully saturated rings. The number of benzene rings is 1. The lowest BCUT2D eigenvalue weighted by Gasteiger charge is -2.33. The third-order valence-electron chi connectivity index (χ3n) is 4.16. The van der Waals surface area contributed by atoms with E-state index >= 15 is 0 Å². The Morgan fingerprint density at radius 3 is 3.00 bits per heavy atom. The zero-order valence-corrected chi connectivity index (χ0v) is 14.5. The Kier molecular flexibility index (Phi) is 6.20. The standard InChI is InChI=1S/C18H23N3O2S/c22-18(19-9-8-16-13-24-14-20-16)21-10-11-23-17(12-21)7-6-15-4-2-1-3-5-15/h1-5,13-14,17H,6-12H2,(H,19,22)/t17-/m0/s1. The van der Waals surface area contributed by atoms with Crippen LogP contribution in [0.4, 0.5) is 4.79 Å². The van der Waals surface area contributed by atoms with E-state index in [1.807, 2.05) is 21.9 Å². The minimum absolute atomic E-state index is 0.00163. The molecule has 3 rings (SSSR count). The number of hydrogen-bond donors (Lipinski definition) is 1. The van der Waals surface area contributed by atoms with Crippen LogP contribution in [0.1, 0.15) is 17.7 Å². The predicted octanol–water partition coefficient (Wildman–Crippen LogP) is 2.73. The first-order chi connectivity index (χ1) is 11.8. The van der Waals surface area contributed by atoms with E-state index in [2.05, 4.69) is 34.6 Å². The van der Waals surface area contributed by atoms with E-state index in [0.717, 1.165) is 25.0 Å². The first-order valence-electron chi connectivity index (χ1n) is 8.36. The van der Waals surface area contributed by atoms with Crippen molar-refractivity contribution in [2.45, 2.75) is 25.4 Å². The first kappa shape index (κ1) is 16.9. The van der Waals surface area contributed by atoms with Crippen LogP contribution in [-0.2, 0) is 17.6 Å². The van der Waals surface area contributed by atoms with Crippen molar-refractivity contribution >= 4 is 17.4 Å². The van der Waals surface area contributed by atoms with Crippen molar-refractivity contribution in [1.29, 1.82) is 0 Å². The molecule has 1 aliphatic heterocycles. The Bertz CT molecular complexity index is 618. The van der Waals surface area contributed by atoms with Crippen LogP contribution in [0.2, 0.25) is 0 Å². The van der Waals surface area contributed by atoms with Crippen LogP contribution >= 0.6 is 11.3 Å². The molecule has 0 spiro atoms. The molecule has 2 aromatic rings. The molecule has 1 aromatic carbocycles. The molecule has 0 unspecified atom stereocenters. The van der Waals surface area contributed by atoms with Crippen molar-refractivity contribution in [2.24, 2.45) is 0 Å². The van der Waals surface area contributed by atoms with Crippen LogP contribution in [0.25, 0.3) is 0 Å². The second-order valence-electron chi connectivity index (χ2n) is 5.92. The zero-order chi connectivity index (χ0) is 16.6. The summed E-state index contributed by atoms with van der Waals surface area (Å²) in [5.41, 5.74) is 4.16. The summed E-state index contributed by atoms with van der Waals surface area (Å²) in [5, 5.41) is 5.00. The first-order valence-corrected chi connectivity index (χ1v) is 9.31. The Morgan fingerprint density at radius 2 is 2.21 bits per heavy atom. The van der Waals surface area contributed by atoms with Gasteiger partial charge in [0.05, 0.1) is 23.9 Å². The largest absolute Gasteiger partial charge is 0.375 e. The van der Waals surface area contributed by atoms with Crippen molar-refractivity contribution in [3.8, 4) is 0 Å². The fraction of sp³-hybridized carbons (Fsp3) is 0.444. The zero-order valence-electron chi connectivity index (χ0n) is 13.7. The molecule has 1 atom stereocenters. The number of carbonyl (C=O) groups excluding carboxylic acids is 1. The maximum Gasteiger partial charge on any atom is 0.317 e. The summed E-state index contributed by atoms with van der Waals surface area (Å²) in [6, 6.07) is 10.4. The monoisotopic (exact) mass is 345 g/mol. The minimum Gasteiger partial charge on any atom is -0.375 e. The highest BCUT2D eigenvalue weighted by molar-refractivity contribution is 7.07. The number of nitrogens with one attached hydrogen (secondary N) is 1. The van der Waals surface area contributed by atoms with Gasteiger partial charge in [-0.15, -0.1) is 11.3 Å². The normalized spacial score (nSPS) is 17.7. The van der Waals surface area contributed by atoms with E-state index in [4.69, 9.17) is 4.74 Å². The number of rotatable bonds is 6. The van der Waals surface area contributed by atoms with E-state index in [-0.39, 0.29) is 12.1 Å². The number of thiazole rings is 1. The number of aryl methyl sites for hydroxylation is 1. The highest BCUT2D eigenvalue weighted by Crippen LogP contribution is 2.12. The maximum atomic E-state index is 12.3. The molecule has 0 aliphatic carbocycles. The second kappa shape index (κ2) is 8.80. The maximum absolute atomic E-state index is 12.3. The topological polar surface area (TPSA) is 54.5 Å². The van der Waals surface area contributed by atoms with Gasteiger partial charge < -0.3 is 15.0 Å². The molecule has 2 heterocycles. The quantitative estimate of drug-likeness (QED) is 0.876. The van der Waals surface area contributed by atoms with E-state index < -0.39 is 0 Å². The molecule has 6 heteroatoms. The van der Waals surface area contributed by atoms with Crippen molar-refractivity contribution in [3.63, 3.8) is 0 Å². The third-order valence-corrected chi connectivity index (χ3v) is 4.80. The Morgan fingerprint density at radius 1 is 1.33 bits per heavy atom. The Hall–Kier alpha value is -1.92. The summed E-state index contributed by atoms with van der Waals surface area (Å²) in [4.78, 5) is 18.4. The average molecular weight is 345 g/mol. The Balaban J connectivity index is 1.40. The van der Waals surface area contributed by atoms with Gasteiger partial charge in [0.2, 0.25) is 0 Å². The highest BCUT2D eigenvalue weighted by Gasteiger charge is 2.23. The predicted molar refractivity (Wildman–Crippen MR) is 95.3 cm³/mol. The molecule has 24 heavy (non-hydrogen) atoms. The number of amides is 2. The lowest BCUT2D eigenvalue weighted by atomic mass is 10.1. The molecule has 1 saturated heterocycles. The number of aromatic nitrogens is 1. The Labute approximate surface area is 146 Å². The van der Waals surface area contributed by atoms with E-state index in [1.54, 1.807) is 11.3 Å². The van der Waals surface area contributed by atoms with Crippen molar-refractivity contribution < 1.29 is 9.53 Å². The van der Waals surface area contributed by atoms with Gasteiger partial charge in [0, 0.05) is 31.4 Å². The van der Waals surface area contributed by atoms with Crippen LogP contribution in [0.15, 0.2) is 41.2 Å². The van der Waals surface area contributed by atoms with Crippen LogP contribution in [-0.4, -0.2) is 48.3 Å². The van der Waals surface area contributed by atoms with Gasteiger partial charge in [-0.2, -0.15) is 0 Å². The molecule has 128 valence electrons. The molecule has 2 amide bonds. The van der Waals surface area contributed by atoms with Crippen molar-refractivity contribution in [1.82, 2.24) is 15.2 Å². The van der Waals surface area contributed by atoms with Crippen LogP contribution in [0, 0.1) is 0 Å². The summed E-state index contributed by atoms with van der Waals surface area (Å²) in [6.07, 6.45) is 2.80. The summed E-state index contributed by atoms with van der Waals surface area (Å²) >= 11 is 1.58. The molecule has 0 saturated carbocycles. The van der Waals surface area contributed by atoms with Gasteiger partial charge >= 0.3 is 6.03 Å². The van der Waals surface area contributed by atoms with Gasteiger partial charge in [0.15, 0.2) is 0 Å². The summed E-state index contributed by atoms with van der Waals surface area (Å²) in [6.45, 7) is 2.55. The number of morpholine rings is 1. The number of urea groups is 1. The smallest absolute Gasteiger partial charge is 0.317 e. The average Bonchev–Trinajstić information content (AvgIpc) is 3.14. The number of nitrogens with zero attached hydrogens (tertiary/aromatic N) is 2. The van der Waals surface area contributed by atoms with Crippen LogP contribution in [0.5, 0.6) is 0 Å². The molecule has 5 nitrogen and oxygen atoms in total. The van der Waals surface area contributed by atoms with Crippen LogP contribution in [0.3, 0.4) is 0 Å². The molecular weight excluding hydrogens is 322 g/mol. The fourth-order valence-electron chi connectivity index (χ4n) is 2.82. The number of carbonyl (C=O) groups is 1. The van der Waals surface area contributed by atoms with E-state index in [1.165, 1.54) is 5.56 Å². The summed E-state index contributed by atoms with van der Waals surface area (Å²) < 4.78 is 5.81. The fourth-order valence-corrected chi connectivity index (χ4v) is 3.41. The molecule has 0 bridgehead atoms. The van der Waals surface area contributed by atoms with Gasteiger partial charge in [0.25, 0.3) is 0 Å². The van der Waals surface area contributed by atoms with Crippen molar-refractivity contribution in [3.05, 3.63) is 52.5 Å². The lowest BCUT2D eigenvalue weighted by molar-refractivity contribution is -0.0175.